The van der Waals surface area contributed by atoms with Crippen LogP contribution in [-0.2, 0) is 28.6 Å². The lowest BCUT2D eigenvalue weighted by Gasteiger charge is -2.18. The van der Waals surface area contributed by atoms with Gasteiger partial charge in [-0.3, -0.25) is 14.4 Å². The second-order valence-corrected chi connectivity index (χ2v) is 22.7. The zero-order valence-electron chi connectivity index (χ0n) is 53.3. The number of esters is 3. The van der Waals surface area contributed by atoms with Gasteiger partial charge in [-0.1, -0.05) is 310 Å². The number of rotatable bonds is 62. The summed E-state index contributed by atoms with van der Waals surface area (Å²) in [5, 5.41) is 0. The first-order chi connectivity index (χ1) is 40.0. The molecule has 0 saturated carbocycles. The van der Waals surface area contributed by atoms with E-state index in [0.29, 0.717) is 19.3 Å². The van der Waals surface area contributed by atoms with Crippen molar-refractivity contribution in [3.63, 3.8) is 0 Å². The summed E-state index contributed by atoms with van der Waals surface area (Å²) in [4.78, 5) is 38.2. The van der Waals surface area contributed by atoms with E-state index in [1.54, 1.807) is 0 Å². The Kier molecular flexibility index (Phi) is 65.2. The van der Waals surface area contributed by atoms with E-state index in [0.717, 1.165) is 109 Å². The molecule has 0 N–H and O–H groups in total. The highest BCUT2D eigenvalue weighted by Gasteiger charge is 2.19. The Bertz CT molecular complexity index is 1620. The van der Waals surface area contributed by atoms with Crippen molar-refractivity contribution in [2.45, 2.75) is 335 Å². The summed E-state index contributed by atoms with van der Waals surface area (Å²) in [6, 6.07) is 0. The highest BCUT2D eigenvalue weighted by Crippen LogP contribution is 2.17. The van der Waals surface area contributed by atoms with Gasteiger partial charge in [-0.05, 0) is 109 Å². The summed E-state index contributed by atoms with van der Waals surface area (Å²) in [6.45, 7) is 6.50. The fourth-order valence-electron chi connectivity index (χ4n) is 9.63. The van der Waals surface area contributed by atoms with Gasteiger partial charge in [0.1, 0.15) is 13.2 Å². The number of hydrogen-bond acceptors (Lipinski definition) is 6. The molecule has 0 amide bonds. The molecular formula is C75H128O6. The van der Waals surface area contributed by atoms with Gasteiger partial charge in [0.05, 0.1) is 0 Å². The SMILES string of the molecule is CC/C=C\C/C=C\C/C=C\C/C=C\C/C=C\C/C=C\C/C=C\CCCCCCCCCCCCCCCC(=O)OCC(COC(=O)CCCCCCCCCCC)OC(=O)CCCCCCCCCCC/C=C\C/C=C\CCCCC. The zero-order chi connectivity index (χ0) is 58.5. The number of ether oxygens (including phenoxy) is 3. The quantitative estimate of drug-likeness (QED) is 0.0261. The lowest BCUT2D eigenvalue weighted by atomic mass is 10.0. The van der Waals surface area contributed by atoms with Crippen molar-refractivity contribution in [2.75, 3.05) is 13.2 Å². The molecule has 0 rings (SSSR count). The summed E-state index contributed by atoms with van der Waals surface area (Å²) < 4.78 is 16.9. The van der Waals surface area contributed by atoms with E-state index in [-0.39, 0.29) is 31.1 Å². The molecule has 0 aromatic carbocycles. The van der Waals surface area contributed by atoms with E-state index in [1.807, 2.05) is 0 Å². The minimum absolute atomic E-state index is 0.0762. The van der Waals surface area contributed by atoms with Crippen LogP contribution < -0.4 is 0 Å². The van der Waals surface area contributed by atoms with Crippen molar-refractivity contribution in [2.24, 2.45) is 0 Å². The maximum absolute atomic E-state index is 12.9. The molecule has 0 heterocycles. The third kappa shape index (κ3) is 66.8. The molecule has 0 bridgehead atoms. The van der Waals surface area contributed by atoms with Crippen LogP contribution in [0, 0.1) is 0 Å². The first-order valence-corrected chi connectivity index (χ1v) is 34.4. The van der Waals surface area contributed by atoms with Crippen molar-refractivity contribution in [1.82, 2.24) is 0 Å². The van der Waals surface area contributed by atoms with Crippen molar-refractivity contribution in [3.8, 4) is 0 Å². The van der Waals surface area contributed by atoms with Crippen LogP contribution >= 0.6 is 0 Å². The summed E-state index contributed by atoms with van der Waals surface area (Å²) in [6.07, 6.45) is 94.1. The molecule has 6 nitrogen and oxygen atoms in total. The van der Waals surface area contributed by atoms with E-state index >= 15 is 0 Å². The third-order valence-electron chi connectivity index (χ3n) is 14.8. The normalized spacial score (nSPS) is 12.8. The fraction of sp³-hybridized carbons (Fsp3) is 0.720. The first kappa shape index (κ1) is 77.1. The van der Waals surface area contributed by atoms with E-state index < -0.39 is 6.10 Å². The molecule has 81 heavy (non-hydrogen) atoms. The summed E-state index contributed by atoms with van der Waals surface area (Å²) >= 11 is 0. The van der Waals surface area contributed by atoms with Crippen molar-refractivity contribution >= 4 is 17.9 Å². The standard InChI is InChI=1S/C75H128O6/c1-4-7-10-13-16-19-21-23-25-27-29-30-31-32-33-34-35-36-37-38-39-40-41-42-43-44-46-47-49-51-53-56-59-62-65-68-74(77)80-71-72(70-79-73(76)67-64-61-58-55-18-15-12-9-6-3)81-75(78)69-66-63-60-57-54-52-50-48-45-28-26-24-22-20-17-14-11-8-5-2/h7,10,16-17,19-20,23-26,29-30,32-33,35-36,38-39,72H,4-6,8-9,11-15,18,21-22,27-28,31,34,37,40-71H2,1-3H3/b10-7-,19-16-,20-17-,25-23-,26-24-,30-29-,33-32-,36-35-,39-38-. The summed E-state index contributed by atoms with van der Waals surface area (Å²) in [5.41, 5.74) is 0. The van der Waals surface area contributed by atoms with Crippen LogP contribution in [0.2, 0.25) is 0 Å². The monoisotopic (exact) mass is 1120 g/mol. The topological polar surface area (TPSA) is 78.9 Å². The Hall–Kier alpha value is -3.93. The van der Waals surface area contributed by atoms with Gasteiger partial charge >= 0.3 is 17.9 Å². The average Bonchev–Trinajstić information content (AvgIpc) is 3.47. The van der Waals surface area contributed by atoms with Gasteiger partial charge in [0.2, 0.25) is 0 Å². The molecule has 0 spiro atoms. The Morgan fingerprint density at radius 1 is 0.259 bits per heavy atom. The van der Waals surface area contributed by atoms with E-state index in [4.69, 9.17) is 14.2 Å². The molecular weight excluding hydrogens is 997 g/mol. The van der Waals surface area contributed by atoms with Crippen LogP contribution in [0.25, 0.3) is 0 Å². The second-order valence-electron chi connectivity index (χ2n) is 22.7. The molecule has 0 aliphatic rings. The number of unbranched alkanes of at least 4 members (excludes halogenated alkanes) is 33. The highest BCUT2D eigenvalue weighted by molar-refractivity contribution is 5.71. The van der Waals surface area contributed by atoms with E-state index in [2.05, 4.69) is 130 Å². The zero-order valence-corrected chi connectivity index (χ0v) is 53.3. The highest BCUT2D eigenvalue weighted by atomic mass is 16.6. The van der Waals surface area contributed by atoms with Gasteiger partial charge in [0, 0.05) is 19.3 Å². The smallest absolute Gasteiger partial charge is 0.306 e. The Balaban J connectivity index is 4.12. The Morgan fingerprint density at radius 3 is 0.778 bits per heavy atom. The number of carbonyl (C=O) groups excluding carboxylic acids is 3. The molecule has 0 aliphatic carbocycles. The number of hydrogen-bond donors (Lipinski definition) is 0. The van der Waals surface area contributed by atoms with E-state index in [1.165, 1.54) is 180 Å². The Labute approximate surface area is 501 Å². The fourth-order valence-corrected chi connectivity index (χ4v) is 9.63. The molecule has 0 saturated heterocycles. The van der Waals surface area contributed by atoms with Gasteiger partial charge in [-0.2, -0.15) is 0 Å². The Morgan fingerprint density at radius 2 is 0.481 bits per heavy atom. The maximum Gasteiger partial charge on any atom is 0.306 e. The lowest BCUT2D eigenvalue weighted by Crippen LogP contribution is -2.30. The third-order valence-corrected chi connectivity index (χ3v) is 14.8. The van der Waals surface area contributed by atoms with Gasteiger partial charge in [-0.15, -0.1) is 0 Å². The number of carbonyl (C=O) groups is 3. The maximum atomic E-state index is 12.9. The van der Waals surface area contributed by atoms with Gasteiger partial charge in [0.25, 0.3) is 0 Å². The molecule has 0 fully saturated rings. The lowest BCUT2D eigenvalue weighted by molar-refractivity contribution is -0.167. The van der Waals surface area contributed by atoms with Crippen LogP contribution in [0.1, 0.15) is 329 Å². The summed E-state index contributed by atoms with van der Waals surface area (Å²) in [5.74, 6) is -0.873. The molecule has 0 radical (unpaired) electrons. The van der Waals surface area contributed by atoms with Crippen LogP contribution in [0.3, 0.4) is 0 Å². The van der Waals surface area contributed by atoms with Crippen molar-refractivity contribution < 1.29 is 28.6 Å². The summed E-state index contributed by atoms with van der Waals surface area (Å²) in [7, 11) is 0. The second kappa shape index (κ2) is 68.6. The van der Waals surface area contributed by atoms with Crippen molar-refractivity contribution in [3.05, 3.63) is 109 Å². The van der Waals surface area contributed by atoms with Gasteiger partial charge < -0.3 is 14.2 Å². The van der Waals surface area contributed by atoms with Gasteiger partial charge in [-0.25, -0.2) is 0 Å². The van der Waals surface area contributed by atoms with E-state index in [9.17, 15) is 14.4 Å². The largest absolute Gasteiger partial charge is 0.462 e. The molecule has 464 valence electrons. The molecule has 6 heteroatoms. The van der Waals surface area contributed by atoms with Crippen molar-refractivity contribution in [1.29, 1.82) is 0 Å². The minimum Gasteiger partial charge on any atom is -0.462 e. The predicted octanol–water partition coefficient (Wildman–Crippen LogP) is 23.8. The average molecular weight is 1130 g/mol. The predicted molar refractivity (Wildman–Crippen MR) is 353 cm³/mol. The van der Waals surface area contributed by atoms with Gasteiger partial charge in [0.15, 0.2) is 6.10 Å². The van der Waals surface area contributed by atoms with Crippen LogP contribution in [0.4, 0.5) is 0 Å². The minimum atomic E-state index is -0.779. The molecule has 0 aromatic heterocycles. The molecule has 1 unspecified atom stereocenters. The molecule has 0 aliphatic heterocycles. The molecule has 1 atom stereocenters. The van der Waals surface area contributed by atoms with Crippen LogP contribution in [-0.4, -0.2) is 37.2 Å². The van der Waals surface area contributed by atoms with Crippen LogP contribution in [0.5, 0.6) is 0 Å². The first-order valence-electron chi connectivity index (χ1n) is 34.4. The molecule has 0 aromatic rings. The number of allylic oxidation sites excluding steroid dienone is 18. The van der Waals surface area contributed by atoms with Crippen LogP contribution in [0.15, 0.2) is 109 Å².